The van der Waals surface area contributed by atoms with E-state index in [1.807, 2.05) is 0 Å². The third-order valence-corrected chi connectivity index (χ3v) is 2.28. The first-order valence-electron chi connectivity index (χ1n) is 4.90. The monoisotopic (exact) mass is 227 g/mol. The van der Waals surface area contributed by atoms with Crippen molar-refractivity contribution >= 4 is 11.9 Å². The maximum Gasteiger partial charge on any atom is 0.305 e. The smallest absolute Gasteiger partial charge is 0.305 e. The Kier molecular flexibility index (Phi) is 4.56. The molecule has 2 unspecified atom stereocenters. The fraction of sp³-hybridized carbons (Fsp3) is 0.750. The van der Waals surface area contributed by atoms with Crippen molar-refractivity contribution in [3.05, 3.63) is 10.4 Å². The van der Waals surface area contributed by atoms with E-state index < -0.39 is 12.0 Å². The van der Waals surface area contributed by atoms with Gasteiger partial charge < -0.3 is 15.7 Å². The molecule has 0 radical (unpaired) electrons. The van der Waals surface area contributed by atoms with Gasteiger partial charge in [0.25, 0.3) is 0 Å². The lowest BCUT2D eigenvalue weighted by Crippen LogP contribution is -2.41. The highest BCUT2D eigenvalue weighted by Crippen LogP contribution is 2.10. The van der Waals surface area contributed by atoms with Crippen LogP contribution >= 0.6 is 0 Å². The van der Waals surface area contributed by atoms with Crippen LogP contribution in [0, 0.1) is 0 Å². The second-order valence-corrected chi connectivity index (χ2v) is 3.49. The van der Waals surface area contributed by atoms with Gasteiger partial charge in [0.05, 0.1) is 18.5 Å². The minimum Gasteiger partial charge on any atom is -0.481 e. The molecule has 1 aliphatic rings. The molecule has 8 nitrogen and oxygen atoms in total. The molecule has 1 saturated heterocycles. The first-order valence-corrected chi connectivity index (χ1v) is 4.90. The van der Waals surface area contributed by atoms with Gasteiger partial charge in [0, 0.05) is 18.0 Å². The molecule has 8 heteroatoms. The van der Waals surface area contributed by atoms with Crippen molar-refractivity contribution in [2.24, 2.45) is 5.11 Å². The molecule has 0 saturated carbocycles. The third-order valence-electron chi connectivity index (χ3n) is 2.28. The van der Waals surface area contributed by atoms with Gasteiger partial charge in [-0.1, -0.05) is 5.11 Å². The summed E-state index contributed by atoms with van der Waals surface area (Å²) < 4.78 is 0. The van der Waals surface area contributed by atoms with Gasteiger partial charge in [-0.3, -0.25) is 9.59 Å². The maximum absolute atomic E-state index is 11.5. The molecule has 0 aromatic carbocycles. The Morgan fingerprint density at radius 3 is 3.00 bits per heavy atom. The maximum atomic E-state index is 11.5. The summed E-state index contributed by atoms with van der Waals surface area (Å²) in [7, 11) is 0. The molecule has 1 aliphatic heterocycles. The predicted molar refractivity (Wildman–Crippen MR) is 54.6 cm³/mol. The summed E-state index contributed by atoms with van der Waals surface area (Å²) in [6.45, 7) is 0.583. The number of carbonyl (C=O) groups is 2. The molecule has 1 heterocycles. The Morgan fingerprint density at radius 1 is 1.62 bits per heavy atom. The zero-order chi connectivity index (χ0) is 12.0. The van der Waals surface area contributed by atoms with E-state index in [1.165, 1.54) is 0 Å². The van der Waals surface area contributed by atoms with Crippen LogP contribution in [0.15, 0.2) is 5.11 Å². The fourth-order valence-corrected chi connectivity index (χ4v) is 1.49. The quantitative estimate of drug-likeness (QED) is 0.336. The van der Waals surface area contributed by atoms with Gasteiger partial charge in [-0.25, -0.2) is 0 Å². The average Bonchev–Trinajstić information content (AvgIpc) is 2.66. The zero-order valence-electron chi connectivity index (χ0n) is 8.59. The number of azide groups is 1. The van der Waals surface area contributed by atoms with Crippen molar-refractivity contribution in [3.8, 4) is 0 Å². The van der Waals surface area contributed by atoms with Crippen molar-refractivity contribution in [3.63, 3.8) is 0 Å². The second-order valence-electron chi connectivity index (χ2n) is 3.49. The minimum atomic E-state index is -0.952. The molecule has 0 bridgehead atoms. The Hall–Kier alpha value is -1.79. The molecule has 0 aromatic rings. The largest absolute Gasteiger partial charge is 0.481 e. The molecule has 1 rings (SSSR count). The zero-order valence-corrected chi connectivity index (χ0v) is 8.59. The van der Waals surface area contributed by atoms with Gasteiger partial charge in [0.1, 0.15) is 0 Å². The first-order chi connectivity index (χ1) is 7.63. The summed E-state index contributed by atoms with van der Waals surface area (Å²) >= 11 is 0. The lowest BCUT2D eigenvalue weighted by atomic mass is 10.2. The van der Waals surface area contributed by atoms with Crippen LogP contribution in [0.1, 0.15) is 12.8 Å². The van der Waals surface area contributed by atoms with Crippen molar-refractivity contribution in [2.75, 3.05) is 13.1 Å². The number of amides is 1. The molecule has 1 fully saturated rings. The summed E-state index contributed by atoms with van der Waals surface area (Å²) in [6, 6.07) is -0.607. The third kappa shape index (κ3) is 3.76. The van der Waals surface area contributed by atoms with Gasteiger partial charge in [-0.05, 0) is 12.0 Å². The molecule has 1 amide bonds. The van der Waals surface area contributed by atoms with Crippen LogP contribution in [0.4, 0.5) is 0 Å². The molecule has 0 spiro atoms. The summed E-state index contributed by atoms with van der Waals surface area (Å²) in [5, 5.41) is 17.3. The lowest BCUT2D eigenvalue weighted by Gasteiger charge is -2.09. The van der Waals surface area contributed by atoms with Gasteiger partial charge in [-0.2, -0.15) is 0 Å². The number of nitrogens with zero attached hydrogens (tertiary/aromatic N) is 3. The molecule has 0 aromatic heterocycles. The number of nitrogens with one attached hydrogen (secondary N) is 2. The number of aliphatic carboxylic acids is 1. The molecular weight excluding hydrogens is 214 g/mol. The summed E-state index contributed by atoms with van der Waals surface area (Å²) in [5.74, 6) is -1.21. The second kappa shape index (κ2) is 5.94. The van der Waals surface area contributed by atoms with E-state index in [4.69, 9.17) is 10.6 Å². The molecule has 3 N–H and O–H groups in total. The Bertz CT molecular complexity index is 326. The highest BCUT2D eigenvalue weighted by atomic mass is 16.4. The van der Waals surface area contributed by atoms with Crippen LogP contribution in [0.3, 0.4) is 0 Å². The summed E-state index contributed by atoms with van der Waals surface area (Å²) in [5.41, 5.74) is 8.22. The van der Waals surface area contributed by atoms with E-state index in [0.717, 1.165) is 0 Å². The van der Waals surface area contributed by atoms with Crippen LogP contribution in [-0.2, 0) is 9.59 Å². The number of rotatable bonds is 5. The average molecular weight is 227 g/mol. The minimum absolute atomic E-state index is 0.0990. The first kappa shape index (κ1) is 12.3. The van der Waals surface area contributed by atoms with Crippen LogP contribution in [-0.4, -0.2) is 42.2 Å². The number of carboxylic acid groups (broad SMARTS) is 1. The Balaban J connectivity index is 2.28. The van der Waals surface area contributed by atoms with Crippen LogP contribution in [0.2, 0.25) is 0 Å². The van der Waals surface area contributed by atoms with Gasteiger partial charge in [0.15, 0.2) is 0 Å². The van der Waals surface area contributed by atoms with Gasteiger partial charge >= 0.3 is 5.97 Å². The van der Waals surface area contributed by atoms with E-state index in [-0.39, 0.29) is 24.9 Å². The predicted octanol–water partition coefficient (Wildman–Crippen LogP) is -0.382. The standard InChI is InChI=1S/C8H13N5O3/c9-13-12-5-3-6(11-4-5)8(16)10-2-1-7(14)15/h5-6,11H,1-4H2,(H,10,16)(H,14,15). The Morgan fingerprint density at radius 2 is 2.38 bits per heavy atom. The number of carboxylic acids is 1. The number of hydrogen-bond donors (Lipinski definition) is 3. The van der Waals surface area contributed by atoms with Crippen molar-refractivity contribution < 1.29 is 14.7 Å². The van der Waals surface area contributed by atoms with E-state index in [9.17, 15) is 9.59 Å². The highest BCUT2D eigenvalue weighted by molar-refractivity contribution is 5.82. The topological polar surface area (TPSA) is 127 Å². The van der Waals surface area contributed by atoms with Crippen molar-refractivity contribution in [1.29, 1.82) is 0 Å². The molecule has 0 aliphatic carbocycles. The SMILES string of the molecule is [N-]=[N+]=NC1CNC(C(=O)NCCC(=O)O)C1. The van der Waals surface area contributed by atoms with E-state index >= 15 is 0 Å². The van der Waals surface area contributed by atoms with Crippen LogP contribution in [0.25, 0.3) is 10.4 Å². The molecule has 16 heavy (non-hydrogen) atoms. The number of hydrogen-bond acceptors (Lipinski definition) is 4. The molecule has 2 atom stereocenters. The van der Waals surface area contributed by atoms with E-state index in [2.05, 4.69) is 20.7 Å². The lowest BCUT2D eigenvalue weighted by molar-refractivity contribution is -0.136. The van der Waals surface area contributed by atoms with Crippen molar-refractivity contribution in [2.45, 2.75) is 24.9 Å². The number of carbonyl (C=O) groups excluding carboxylic acids is 1. The molecular formula is C8H13N5O3. The normalized spacial score (nSPS) is 23.5. The van der Waals surface area contributed by atoms with Crippen molar-refractivity contribution in [1.82, 2.24) is 10.6 Å². The van der Waals surface area contributed by atoms with Gasteiger partial charge in [-0.15, -0.1) is 0 Å². The fourth-order valence-electron chi connectivity index (χ4n) is 1.49. The Labute approximate surface area is 91.6 Å². The van der Waals surface area contributed by atoms with Gasteiger partial charge in [0.2, 0.25) is 5.91 Å². The van der Waals surface area contributed by atoms with Crippen LogP contribution < -0.4 is 10.6 Å². The molecule has 88 valence electrons. The van der Waals surface area contributed by atoms with E-state index in [1.54, 1.807) is 0 Å². The summed E-state index contributed by atoms with van der Waals surface area (Å²) in [4.78, 5) is 24.4. The highest BCUT2D eigenvalue weighted by Gasteiger charge is 2.28. The van der Waals surface area contributed by atoms with E-state index in [0.29, 0.717) is 13.0 Å². The summed E-state index contributed by atoms with van der Waals surface area (Å²) in [6.07, 6.45) is 0.348. The van der Waals surface area contributed by atoms with Crippen LogP contribution in [0.5, 0.6) is 0 Å².